The SMILES string of the molecule is CCNC(=NCCC(=O)N(C)C)Nc1cccc(OCCCOC)c1.I. The van der Waals surface area contributed by atoms with E-state index in [4.69, 9.17) is 9.47 Å². The van der Waals surface area contributed by atoms with E-state index in [0.717, 1.165) is 24.4 Å². The maximum atomic E-state index is 11.6. The van der Waals surface area contributed by atoms with Crippen molar-refractivity contribution in [3.8, 4) is 5.75 Å². The summed E-state index contributed by atoms with van der Waals surface area (Å²) in [5.74, 6) is 1.50. The van der Waals surface area contributed by atoms with Crippen LogP contribution in [0.3, 0.4) is 0 Å². The maximum Gasteiger partial charge on any atom is 0.223 e. The van der Waals surface area contributed by atoms with Crippen LogP contribution in [0.25, 0.3) is 0 Å². The van der Waals surface area contributed by atoms with E-state index in [-0.39, 0.29) is 29.9 Å². The monoisotopic (exact) mass is 478 g/mol. The van der Waals surface area contributed by atoms with Gasteiger partial charge < -0.3 is 25.0 Å². The first kappa shape index (κ1) is 24.5. The van der Waals surface area contributed by atoms with Crippen molar-refractivity contribution in [3.63, 3.8) is 0 Å². The van der Waals surface area contributed by atoms with Gasteiger partial charge in [-0.1, -0.05) is 6.07 Å². The summed E-state index contributed by atoms with van der Waals surface area (Å²) < 4.78 is 10.7. The average Bonchev–Trinajstić information content (AvgIpc) is 2.59. The molecule has 1 rings (SSSR count). The molecule has 1 aromatic carbocycles. The second-order valence-corrected chi connectivity index (χ2v) is 5.65. The first-order valence-electron chi connectivity index (χ1n) is 8.54. The fraction of sp³-hybridized carbons (Fsp3) is 0.556. The smallest absolute Gasteiger partial charge is 0.223 e. The highest BCUT2D eigenvalue weighted by molar-refractivity contribution is 14.0. The lowest BCUT2D eigenvalue weighted by atomic mass is 10.3. The minimum atomic E-state index is 0. The van der Waals surface area contributed by atoms with E-state index < -0.39 is 0 Å². The zero-order chi connectivity index (χ0) is 18.5. The largest absolute Gasteiger partial charge is 0.493 e. The van der Waals surface area contributed by atoms with Gasteiger partial charge in [0.25, 0.3) is 0 Å². The van der Waals surface area contributed by atoms with Crippen LogP contribution in [0.1, 0.15) is 19.8 Å². The van der Waals surface area contributed by atoms with Gasteiger partial charge in [-0.25, -0.2) is 0 Å². The van der Waals surface area contributed by atoms with E-state index in [9.17, 15) is 4.79 Å². The summed E-state index contributed by atoms with van der Waals surface area (Å²) in [6.07, 6.45) is 1.23. The van der Waals surface area contributed by atoms with E-state index in [0.29, 0.717) is 32.1 Å². The number of hydrogen-bond donors (Lipinski definition) is 2. The third kappa shape index (κ3) is 10.4. The number of carbonyl (C=O) groups is 1. The molecule has 7 nitrogen and oxygen atoms in total. The first-order valence-corrected chi connectivity index (χ1v) is 8.54. The van der Waals surface area contributed by atoms with E-state index >= 15 is 0 Å². The van der Waals surface area contributed by atoms with Crippen molar-refractivity contribution in [2.24, 2.45) is 4.99 Å². The quantitative estimate of drug-likeness (QED) is 0.234. The van der Waals surface area contributed by atoms with Gasteiger partial charge in [-0.3, -0.25) is 9.79 Å². The molecule has 8 heteroatoms. The maximum absolute atomic E-state index is 11.6. The van der Waals surface area contributed by atoms with Crippen LogP contribution in [0.2, 0.25) is 0 Å². The molecule has 0 atom stereocenters. The zero-order valence-corrected chi connectivity index (χ0v) is 18.4. The van der Waals surface area contributed by atoms with Crippen molar-refractivity contribution in [2.75, 3.05) is 52.8 Å². The van der Waals surface area contributed by atoms with Crippen LogP contribution in [0, 0.1) is 0 Å². The van der Waals surface area contributed by atoms with Crippen LogP contribution in [-0.4, -0.2) is 64.3 Å². The highest BCUT2D eigenvalue weighted by Gasteiger charge is 2.04. The minimum absolute atomic E-state index is 0. The molecule has 1 amide bonds. The van der Waals surface area contributed by atoms with E-state index in [2.05, 4.69) is 15.6 Å². The van der Waals surface area contributed by atoms with Gasteiger partial charge in [0.1, 0.15) is 5.75 Å². The molecule has 0 radical (unpaired) electrons. The van der Waals surface area contributed by atoms with Gasteiger partial charge in [-0.15, -0.1) is 24.0 Å². The molecule has 0 bridgehead atoms. The lowest BCUT2D eigenvalue weighted by Gasteiger charge is -2.13. The van der Waals surface area contributed by atoms with Crippen molar-refractivity contribution in [3.05, 3.63) is 24.3 Å². The number of ether oxygens (including phenoxy) is 2. The highest BCUT2D eigenvalue weighted by Crippen LogP contribution is 2.17. The molecule has 0 aromatic heterocycles. The molecule has 0 spiro atoms. The van der Waals surface area contributed by atoms with Gasteiger partial charge >= 0.3 is 0 Å². The number of guanidine groups is 1. The number of amides is 1. The van der Waals surface area contributed by atoms with Gasteiger partial charge in [0.2, 0.25) is 5.91 Å². The van der Waals surface area contributed by atoms with E-state index in [1.807, 2.05) is 31.2 Å². The summed E-state index contributed by atoms with van der Waals surface area (Å²) in [6.45, 7) is 4.46. The Kier molecular flexibility index (Phi) is 13.7. The molecule has 2 N–H and O–H groups in total. The number of benzene rings is 1. The number of rotatable bonds is 10. The second-order valence-electron chi connectivity index (χ2n) is 5.65. The molecule has 1 aromatic rings. The predicted octanol–water partition coefficient (Wildman–Crippen LogP) is 2.58. The third-order valence-corrected chi connectivity index (χ3v) is 3.30. The first-order chi connectivity index (χ1) is 12.1. The Morgan fingerprint density at radius 3 is 2.69 bits per heavy atom. The Morgan fingerprint density at radius 2 is 2.04 bits per heavy atom. The van der Waals surface area contributed by atoms with Crippen molar-refractivity contribution >= 4 is 41.5 Å². The molecule has 0 aliphatic carbocycles. The molecule has 26 heavy (non-hydrogen) atoms. The van der Waals surface area contributed by atoms with E-state index in [1.54, 1.807) is 26.1 Å². The van der Waals surface area contributed by atoms with Crippen LogP contribution in [0.4, 0.5) is 5.69 Å². The number of hydrogen-bond acceptors (Lipinski definition) is 4. The molecule has 0 saturated carbocycles. The summed E-state index contributed by atoms with van der Waals surface area (Å²) >= 11 is 0. The Labute approximate surface area is 173 Å². The van der Waals surface area contributed by atoms with Crippen LogP contribution >= 0.6 is 24.0 Å². The molecule has 0 saturated heterocycles. The molecular weight excluding hydrogens is 447 g/mol. The Balaban J connectivity index is 0.00000625. The normalized spacial score (nSPS) is 10.7. The van der Waals surface area contributed by atoms with Crippen LogP contribution < -0.4 is 15.4 Å². The number of carbonyl (C=O) groups excluding carboxylic acids is 1. The lowest BCUT2D eigenvalue weighted by Crippen LogP contribution is -2.31. The van der Waals surface area contributed by atoms with Gasteiger partial charge in [-0.05, 0) is 19.1 Å². The average molecular weight is 478 g/mol. The lowest BCUT2D eigenvalue weighted by molar-refractivity contribution is -0.128. The van der Waals surface area contributed by atoms with Crippen molar-refractivity contribution in [1.82, 2.24) is 10.2 Å². The second kappa shape index (κ2) is 14.6. The van der Waals surface area contributed by atoms with E-state index in [1.165, 1.54) is 0 Å². The number of nitrogens with zero attached hydrogens (tertiary/aromatic N) is 2. The Morgan fingerprint density at radius 1 is 1.27 bits per heavy atom. The molecule has 0 unspecified atom stereocenters. The predicted molar refractivity (Wildman–Crippen MR) is 117 cm³/mol. The highest BCUT2D eigenvalue weighted by atomic mass is 127. The third-order valence-electron chi connectivity index (χ3n) is 3.30. The van der Waals surface area contributed by atoms with Crippen LogP contribution in [0.5, 0.6) is 5.75 Å². The van der Waals surface area contributed by atoms with Crippen molar-refractivity contribution in [1.29, 1.82) is 0 Å². The number of methoxy groups -OCH3 is 1. The molecule has 0 fully saturated rings. The zero-order valence-electron chi connectivity index (χ0n) is 16.1. The fourth-order valence-corrected chi connectivity index (χ4v) is 1.99. The number of aliphatic imine (C=N–C) groups is 1. The topological polar surface area (TPSA) is 75.2 Å². The van der Waals surface area contributed by atoms with Gasteiger partial charge in [-0.2, -0.15) is 0 Å². The summed E-state index contributed by atoms with van der Waals surface area (Å²) in [6, 6.07) is 7.70. The van der Waals surface area contributed by atoms with Crippen LogP contribution in [0.15, 0.2) is 29.3 Å². The minimum Gasteiger partial charge on any atom is -0.493 e. The fourth-order valence-electron chi connectivity index (χ4n) is 1.99. The van der Waals surface area contributed by atoms with Crippen LogP contribution in [-0.2, 0) is 9.53 Å². The Bertz CT molecular complexity index is 553. The standard InChI is InChI=1S/C18H30N4O3.HI/c1-5-19-18(20-11-10-17(23)22(2)3)21-15-8-6-9-16(14-15)25-13-7-12-24-4;/h6,8-9,14H,5,7,10-13H2,1-4H3,(H2,19,20,21);1H. The number of nitrogens with one attached hydrogen (secondary N) is 2. The van der Waals surface area contributed by atoms with Gasteiger partial charge in [0.15, 0.2) is 5.96 Å². The number of anilines is 1. The summed E-state index contributed by atoms with van der Waals surface area (Å²) in [5, 5.41) is 6.40. The van der Waals surface area contributed by atoms with Crippen molar-refractivity contribution in [2.45, 2.75) is 19.8 Å². The van der Waals surface area contributed by atoms with Gasteiger partial charge in [0.05, 0.1) is 13.2 Å². The molecule has 0 aliphatic heterocycles. The Hall–Kier alpha value is -1.55. The van der Waals surface area contributed by atoms with Gasteiger partial charge in [0, 0.05) is 59.0 Å². The molecule has 0 heterocycles. The number of halogens is 1. The molecular formula is C18H31IN4O3. The molecule has 148 valence electrons. The summed E-state index contributed by atoms with van der Waals surface area (Å²) in [4.78, 5) is 17.6. The summed E-state index contributed by atoms with van der Waals surface area (Å²) in [7, 11) is 5.17. The molecule has 0 aliphatic rings. The summed E-state index contributed by atoms with van der Waals surface area (Å²) in [5.41, 5.74) is 0.878. The van der Waals surface area contributed by atoms with Crippen molar-refractivity contribution < 1.29 is 14.3 Å².